The van der Waals surface area contributed by atoms with Gasteiger partial charge in [0.15, 0.2) is 5.78 Å². The zero-order valence-corrected chi connectivity index (χ0v) is 16.7. The van der Waals surface area contributed by atoms with E-state index in [1.165, 1.54) is 30.6 Å². The summed E-state index contributed by atoms with van der Waals surface area (Å²) < 4.78 is 28.2. The molecule has 3 aromatic heterocycles. The van der Waals surface area contributed by atoms with Gasteiger partial charge in [-0.05, 0) is 46.3 Å². The summed E-state index contributed by atoms with van der Waals surface area (Å²) in [6, 6.07) is 11.1. The van der Waals surface area contributed by atoms with Crippen LogP contribution in [-0.4, -0.2) is 29.2 Å². The van der Waals surface area contributed by atoms with Crippen LogP contribution in [0.15, 0.2) is 76.6 Å². The Balaban J connectivity index is 1.67. The Bertz CT molecular complexity index is 1290. The van der Waals surface area contributed by atoms with Crippen LogP contribution in [0.1, 0.15) is 15.9 Å². The van der Waals surface area contributed by atoms with Crippen LogP contribution in [0.25, 0.3) is 11.0 Å². The largest absolute Gasteiger partial charge is 0.345 e. The highest BCUT2D eigenvalue weighted by Crippen LogP contribution is 2.24. The van der Waals surface area contributed by atoms with Crippen LogP contribution in [-0.2, 0) is 10.0 Å². The normalized spacial score (nSPS) is 11.5. The molecule has 28 heavy (non-hydrogen) atoms. The zero-order chi connectivity index (χ0) is 19.7. The molecule has 0 atom stereocenters. The third kappa shape index (κ3) is 3.54. The van der Waals surface area contributed by atoms with Crippen LogP contribution in [0, 0.1) is 0 Å². The van der Waals surface area contributed by atoms with E-state index in [4.69, 9.17) is 0 Å². The van der Waals surface area contributed by atoms with Crippen LogP contribution in [0.4, 0.5) is 5.69 Å². The number of anilines is 1. The van der Waals surface area contributed by atoms with Gasteiger partial charge in [-0.2, -0.15) is 0 Å². The van der Waals surface area contributed by atoms with Gasteiger partial charge in [-0.25, -0.2) is 13.4 Å². The molecule has 9 heteroatoms. The topological polar surface area (TPSA) is 105 Å². The number of pyridine rings is 2. The number of fused-ring (bicyclic) bond motifs is 1. The number of rotatable bonds is 5. The van der Waals surface area contributed by atoms with E-state index >= 15 is 0 Å². The van der Waals surface area contributed by atoms with Crippen molar-refractivity contribution in [3.8, 4) is 0 Å². The molecule has 4 rings (SSSR count). The number of nitrogens with zero attached hydrogens (tertiary/aromatic N) is 2. The van der Waals surface area contributed by atoms with Crippen molar-refractivity contribution in [3.63, 3.8) is 0 Å². The first kappa shape index (κ1) is 18.3. The number of aromatic amines is 1. The van der Waals surface area contributed by atoms with Crippen molar-refractivity contribution in [1.82, 2.24) is 15.0 Å². The molecule has 0 aliphatic carbocycles. The monoisotopic (exact) mass is 456 g/mol. The minimum Gasteiger partial charge on any atom is -0.345 e. The molecule has 0 unspecified atom stereocenters. The fraction of sp³-hybridized carbons (Fsp3) is 0. The average molecular weight is 457 g/mol. The van der Waals surface area contributed by atoms with Crippen LogP contribution in [0.5, 0.6) is 0 Å². The van der Waals surface area contributed by atoms with E-state index in [-0.39, 0.29) is 16.4 Å². The Kier molecular flexibility index (Phi) is 4.70. The lowest BCUT2D eigenvalue weighted by Crippen LogP contribution is -2.13. The van der Waals surface area contributed by atoms with Gasteiger partial charge in [0.1, 0.15) is 10.5 Å². The lowest BCUT2D eigenvalue weighted by Gasteiger charge is -2.09. The van der Waals surface area contributed by atoms with Crippen molar-refractivity contribution in [2.45, 2.75) is 4.90 Å². The van der Waals surface area contributed by atoms with Crippen LogP contribution in [0.2, 0.25) is 0 Å². The smallest absolute Gasteiger partial charge is 0.263 e. The number of H-pyrrole nitrogens is 1. The fourth-order valence-corrected chi connectivity index (χ4v) is 4.11. The van der Waals surface area contributed by atoms with Gasteiger partial charge in [-0.15, -0.1) is 0 Å². The van der Waals surface area contributed by atoms with Gasteiger partial charge in [0, 0.05) is 51.5 Å². The summed E-state index contributed by atoms with van der Waals surface area (Å²) in [5, 5.41) is 0.681. The summed E-state index contributed by atoms with van der Waals surface area (Å²) in [6.45, 7) is 0. The minimum absolute atomic E-state index is 0.0410. The molecule has 1 aromatic carbocycles. The number of ketones is 1. The van der Waals surface area contributed by atoms with E-state index in [1.807, 2.05) is 0 Å². The number of carbonyl (C=O) groups excluding carboxylic acids is 1. The summed E-state index contributed by atoms with van der Waals surface area (Å²) in [4.78, 5) is 24.0. The second-order valence-corrected chi connectivity index (χ2v) is 8.55. The van der Waals surface area contributed by atoms with Crippen LogP contribution in [0.3, 0.4) is 0 Å². The molecule has 0 spiro atoms. The molecule has 0 fully saturated rings. The maximum Gasteiger partial charge on any atom is 0.263 e. The lowest BCUT2D eigenvalue weighted by molar-refractivity contribution is 0.104. The Morgan fingerprint density at radius 1 is 1.11 bits per heavy atom. The van der Waals surface area contributed by atoms with Crippen molar-refractivity contribution in [2.75, 3.05) is 4.72 Å². The summed E-state index contributed by atoms with van der Waals surface area (Å²) in [5.74, 6) is -0.242. The number of aromatic nitrogens is 3. The number of carbonyl (C=O) groups is 1. The van der Waals surface area contributed by atoms with E-state index in [1.54, 1.807) is 36.7 Å². The number of sulfonamides is 1. The van der Waals surface area contributed by atoms with Crippen molar-refractivity contribution in [1.29, 1.82) is 0 Å². The van der Waals surface area contributed by atoms with Gasteiger partial charge in [0.2, 0.25) is 0 Å². The Morgan fingerprint density at radius 3 is 2.75 bits per heavy atom. The van der Waals surface area contributed by atoms with Gasteiger partial charge < -0.3 is 4.98 Å². The SMILES string of the molecule is O=C(c1cccc(NS(=O)(=O)c2cccnc2)c1)c1c[nH]c2ncc(Br)cc12. The summed E-state index contributed by atoms with van der Waals surface area (Å²) >= 11 is 3.35. The van der Waals surface area contributed by atoms with Gasteiger partial charge in [-0.3, -0.25) is 14.5 Å². The fourth-order valence-electron chi connectivity index (χ4n) is 2.77. The van der Waals surface area contributed by atoms with E-state index in [0.29, 0.717) is 22.2 Å². The molecule has 3 heterocycles. The van der Waals surface area contributed by atoms with Crippen molar-refractivity contribution in [2.24, 2.45) is 0 Å². The van der Waals surface area contributed by atoms with Crippen molar-refractivity contribution < 1.29 is 13.2 Å². The minimum atomic E-state index is -3.80. The average Bonchev–Trinajstić information content (AvgIpc) is 3.11. The zero-order valence-electron chi connectivity index (χ0n) is 14.3. The molecule has 0 amide bonds. The van der Waals surface area contributed by atoms with E-state index in [9.17, 15) is 13.2 Å². The predicted molar refractivity (Wildman–Crippen MR) is 109 cm³/mol. The van der Waals surface area contributed by atoms with Crippen LogP contribution < -0.4 is 4.72 Å². The van der Waals surface area contributed by atoms with Crippen molar-refractivity contribution in [3.05, 3.63) is 82.9 Å². The Morgan fingerprint density at radius 2 is 1.96 bits per heavy atom. The molecule has 140 valence electrons. The molecule has 0 saturated carbocycles. The summed E-state index contributed by atoms with van der Waals surface area (Å²) in [7, 11) is -3.80. The van der Waals surface area contributed by atoms with Gasteiger partial charge in [0.25, 0.3) is 10.0 Å². The molecule has 0 aliphatic heterocycles. The number of nitrogens with one attached hydrogen (secondary N) is 2. The lowest BCUT2D eigenvalue weighted by atomic mass is 10.0. The molecule has 0 saturated heterocycles. The number of hydrogen-bond acceptors (Lipinski definition) is 5. The summed E-state index contributed by atoms with van der Waals surface area (Å²) in [5.41, 5.74) is 1.69. The number of hydrogen-bond donors (Lipinski definition) is 2. The molecule has 7 nitrogen and oxygen atoms in total. The Hall–Kier alpha value is -3.04. The molecule has 0 radical (unpaired) electrons. The van der Waals surface area contributed by atoms with E-state index < -0.39 is 10.0 Å². The van der Waals surface area contributed by atoms with E-state index in [2.05, 4.69) is 35.6 Å². The third-order valence-electron chi connectivity index (χ3n) is 4.06. The maximum atomic E-state index is 13.0. The third-order valence-corrected chi connectivity index (χ3v) is 5.86. The van der Waals surface area contributed by atoms with Gasteiger partial charge >= 0.3 is 0 Å². The number of halogens is 1. The number of benzene rings is 1. The highest BCUT2D eigenvalue weighted by Gasteiger charge is 2.18. The highest BCUT2D eigenvalue weighted by atomic mass is 79.9. The molecule has 4 aromatic rings. The maximum absolute atomic E-state index is 13.0. The molecule has 0 bridgehead atoms. The van der Waals surface area contributed by atoms with Gasteiger partial charge in [-0.1, -0.05) is 12.1 Å². The van der Waals surface area contributed by atoms with Gasteiger partial charge in [0.05, 0.1) is 0 Å². The second kappa shape index (κ2) is 7.17. The summed E-state index contributed by atoms with van der Waals surface area (Å²) in [6.07, 6.45) is 5.99. The standard InChI is InChI=1S/C19H13BrN4O3S/c20-13-8-16-17(11-23-19(16)22-9-13)18(25)12-3-1-4-14(7-12)24-28(26,27)15-5-2-6-21-10-15/h1-11,24H,(H,22,23). The Labute approximate surface area is 169 Å². The highest BCUT2D eigenvalue weighted by molar-refractivity contribution is 9.10. The second-order valence-electron chi connectivity index (χ2n) is 5.96. The molecular weight excluding hydrogens is 444 g/mol. The first-order valence-corrected chi connectivity index (χ1v) is 10.4. The first-order valence-electron chi connectivity index (χ1n) is 8.14. The van der Waals surface area contributed by atoms with E-state index in [0.717, 1.165) is 4.47 Å². The van der Waals surface area contributed by atoms with Crippen LogP contribution >= 0.6 is 15.9 Å². The molecular formula is C19H13BrN4O3S. The predicted octanol–water partition coefficient (Wildman–Crippen LogP) is 3.75. The van der Waals surface area contributed by atoms with Crippen molar-refractivity contribution >= 4 is 48.5 Å². The molecule has 0 aliphatic rings. The quantitative estimate of drug-likeness (QED) is 0.444. The molecule has 2 N–H and O–H groups in total. The first-order chi connectivity index (χ1) is 13.4.